The maximum Gasteiger partial charge on any atom is 0.305 e. The van der Waals surface area contributed by atoms with Crippen LogP contribution in [0.5, 0.6) is 0 Å². The predicted molar refractivity (Wildman–Crippen MR) is 72.3 cm³/mol. The quantitative estimate of drug-likeness (QED) is 0.702. The largest absolute Gasteiger partial charge is 0.481 e. The van der Waals surface area contributed by atoms with Gasteiger partial charge in [0.15, 0.2) is 0 Å². The fourth-order valence-electron chi connectivity index (χ4n) is 1.92. The molecule has 0 aromatic heterocycles. The SMILES string of the molecule is CCC(CC)CC(=O)NC(C)(CC(=O)O)C(C)C. The Morgan fingerprint density at radius 3 is 2.06 bits per heavy atom. The van der Waals surface area contributed by atoms with Gasteiger partial charge in [-0.25, -0.2) is 0 Å². The molecule has 0 spiro atoms. The van der Waals surface area contributed by atoms with E-state index in [1.807, 2.05) is 13.8 Å². The zero-order valence-electron chi connectivity index (χ0n) is 12.2. The van der Waals surface area contributed by atoms with Gasteiger partial charge in [-0.05, 0) is 18.8 Å². The molecule has 0 bridgehead atoms. The first kappa shape index (κ1) is 16.9. The average molecular weight is 257 g/mol. The number of amides is 1. The van der Waals surface area contributed by atoms with Crippen molar-refractivity contribution >= 4 is 11.9 Å². The standard InChI is InChI=1S/C14H27NO3/c1-6-11(7-2)8-12(16)15-14(5,10(3)4)9-13(17)18/h10-11H,6-9H2,1-5H3,(H,15,16)(H,17,18). The van der Waals surface area contributed by atoms with Gasteiger partial charge in [0.1, 0.15) is 0 Å². The van der Waals surface area contributed by atoms with Crippen LogP contribution in [0.15, 0.2) is 0 Å². The van der Waals surface area contributed by atoms with Crippen molar-refractivity contribution in [3.05, 3.63) is 0 Å². The van der Waals surface area contributed by atoms with Gasteiger partial charge in [0.2, 0.25) is 5.91 Å². The fraction of sp³-hybridized carbons (Fsp3) is 0.857. The summed E-state index contributed by atoms with van der Waals surface area (Å²) in [6, 6.07) is 0. The third kappa shape index (κ3) is 5.52. The first-order valence-electron chi connectivity index (χ1n) is 6.77. The van der Waals surface area contributed by atoms with E-state index in [1.165, 1.54) is 0 Å². The van der Waals surface area contributed by atoms with E-state index in [0.717, 1.165) is 12.8 Å². The van der Waals surface area contributed by atoms with Gasteiger partial charge in [-0.3, -0.25) is 9.59 Å². The lowest BCUT2D eigenvalue weighted by atomic mass is 9.84. The highest BCUT2D eigenvalue weighted by Crippen LogP contribution is 2.22. The molecule has 4 nitrogen and oxygen atoms in total. The molecule has 0 fully saturated rings. The van der Waals surface area contributed by atoms with Gasteiger partial charge < -0.3 is 10.4 Å². The van der Waals surface area contributed by atoms with Crippen LogP contribution in [0.25, 0.3) is 0 Å². The Morgan fingerprint density at radius 2 is 1.72 bits per heavy atom. The first-order chi connectivity index (χ1) is 8.25. The second kappa shape index (κ2) is 7.39. The molecule has 0 aliphatic carbocycles. The summed E-state index contributed by atoms with van der Waals surface area (Å²) in [6.07, 6.45) is 2.39. The molecule has 18 heavy (non-hydrogen) atoms. The van der Waals surface area contributed by atoms with Crippen molar-refractivity contribution in [2.45, 2.75) is 65.8 Å². The van der Waals surface area contributed by atoms with Gasteiger partial charge in [0, 0.05) is 12.0 Å². The number of carboxylic acids is 1. The Balaban J connectivity index is 4.59. The summed E-state index contributed by atoms with van der Waals surface area (Å²) < 4.78 is 0. The summed E-state index contributed by atoms with van der Waals surface area (Å²) in [5, 5.41) is 11.8. The third-order valence-corrected chi connectivity index (χ3v) is 3.85. The van der Waals surface area contributed by atoms with Crippen LogP contribution in [0.4, 0.5) is 0 Å². The third-order valence-electron chi connectivity index (χ3n) is 3.85. The highest BCUT2D eigenvalue weighted by molar-refractivity contribution is 5.78. The Labute approximate surface area is 110 Å². The minimum Gasteiger partial charge on any atom is -0.481 e. The summed E-state index contributed by atoms with van der Waals surface area (Å²) in [4.78, 5) is 22.9. The molecule has 1 amide bonds. The van der Waals surface area contributed by atoms with Gasteiger partial charge in [-0.1, -0.05) is 40.5 Å². The second-order valence-electron chi connectivity index (χ2n) is 5.58. The number of carboxylic acid groups (broad SMARTS) is 1. The number of nitrogens with one attached hydrogen (secondary N) is 1. The summed E-state index contributed by atoms with van der Waals surface area (Å²) >= 11 is 0. The molecular weight excluding hydrogens is 230 g/mol. The van der Waals surface area contributed by atoms with Crippen molar-refractivity contribution in [1.29, 1.82) is 0 Å². The van der Waals surface area contributed by atoms with Gasteiger partial charge >= 0.3 is 5.97 Å². The van der Waals surface area contributed by atoms with Crippen LogP contribution in [-0.4, -0.2) is 22.5 Å². The lowest BCUT2D eigenvalue weighted by Crippen LogP contribution is -2.51. The van der Waals surface area contributed by atoms with Crippen molar-refractivity contribution in [2.24, 2.45) is 11.8 Å². The van der Waals surface area contributed by atoms with E-state index in [1.54, 1.807) is 6.92 Å². The van der Waals surface area contributed by atoms with Crippen LogP contribution in [0, 0.1) is 11.8 Å². The Morgan fingerprint density at radius 1 is 1.22 bits per heavy atom. The van der Waals surface area contributed by atoms with Crippen molar-refractivity contribution in [3.63, 3.8) is 0 Å². The van der Waals surface area contributed by atoms with Crippen molar-refractivity contribution in [3.8, 4) is 0 Å². The van der Waals surface area contributed by atoms with Gasteiger partial charge in [0.05, 0.1) is 6.42 Å². The van der Waals surface area contributed by atoms with E-state index in [4.69, 9.17) is 5.11 Å². The number of hydrogen-bond donors (Lipinski definition) is 2. The smallest absolute Gasteiger partial charge is 0.305 e. The number of carbonyl (C=O) groups is 2. The van der Waals surface area contributed by atoms with Crippen molar-refractivity contribution in [1.82, 2.24) is 5.32 Å². The normalized spacial score (nSPS) is 14.6. The van der Waals surface area contributed by atoms with Crippen LogP contribution in [0.2, 0.25) is 0 Å². The zero-order valence-corrected chi connectivity index (χ0v) is 12.2. The summed E-state index contributed by atoms with van der Waals surface area (Å²) in [7, 11) is 0. The minimum absolute atomic E-state index is 0.0406. The molecule has 1 atom stereocenters. The van der Waals surface area contributed by atoms with Crippen molar-refractivity contribution in [2.75, 3.05) is 0 Å². The van der Waals surface area contributed by atoms with Gasteiger partial charge in [-0.15, -0.1) is 0 Å². The lowest BCUT2D eigenvalue weighted by Gasteiger charge is -2.34. The van der Waals surface area contributed by atoms with E-state index >= 15 is 0 Å². The molecule has 0 aliphatic rings. The monoisotopic (exact) mass is 257 g/mol. The molecule has 0 heterocycles. The maximum atomic E-state index is 12.0. The molecule has 106 valence electrons. The van der Waals surface area contributed by atoms with Crippen LogP contribution in [-0.2, 0) is 9.59 Å². The van der Waals surface area contributed by atoms with E-state index < -0.39 is 11.5 Å². The van der Waals surface area contributed by atoms with Gasteiger partial charge in [-0.2, -0.15) is 0 Å². The van der Waals surface area contributed by atoms with Crippen LogP contribution in [0.3, 0.4) is 0 Å². The molecule has 0 saturated heterocycles. The Kier molecular flexibility index (Phi) is 6.96. The van der Waals surface area contributed by atoms with E-state index in [0.29, 0.717) is 12.3 Å². The minimum atomic E-state index is -0.881. The lowest BCUT2D eigenvalue weighted by molar-refractivity contribution is -0.139. The molecule has 0 radical (unpaired) electrons. The topological polar surface area (TPSA) is 66.4 Å². The molecule has 0 aromatic rings. The fourth-order valence-corrected chi connectivity index (χ4v) is 1.92. The molecule has 0 saturated carbocycles. The second-order valence-corrected chi connectivity index (χ2v) is 5.58. The van der Waals surface area contributed by atoms with Crippen LogP contribution < -0.4 is 5.32 Å². The summed E-state index contributed by atoms with van der Waals surface area (Å²) in [6.45, 7) is 9.80. The van der Waals surface area contributed by atoms with Crippen LogP contribution in [0.1, 0.15) is 60.3 Å². The Bertz CT molecular complexity index is 285. The molecular formula is C14H27NO3. The van der Waals surface area contributed by atoms with E-state index in [9.17, 15) is 9.59 Å². The van der Waals surface area contributed by atoms with Gasteiger partial charge in [0.25, 0.3) is 0 Å². The van der Waals surface area contributed by atoms with E-state index in [-0.39, 0.29) is 18.2 Å². The summed E-state index contributed by atoms with van der Waals surface area (Å²) in [5.41, 5.74) is -0.672. The van der Waals surface area contributed by atoms with E-state index in [2.05, 4.69) is 19.2 Å². The number of aliphatic carboxylic acids is 1. The molecule has 1 unspecified atom stereocenters. The molecule has 0 aromatic carbocycles. The highest BCUT2D eigenvalue weighted by atomic mass is 16.4. The molecule has 4 heteroatoms. The number of rotatable bonds is 8. The summed E-state index contributed by atoms with van der Waals surface area (Å²) in [5.74, 6) is -0.458. The zero-order chi connectivity index (χ0) is 14.3. The van der Waals surface area contributed by atoms with Crippen LogP contribution >= 0.6 is 0 Å². The average Bonchev–Trinajstić information content (AvgIpc) is 2.24. The Hall–Kier alpha value is -1.06. The van der Waals surface area contributed by atoms with Crippen molar-refractivity contribution < 1.29 is 14.7 Å². The first-order valence-corrected chi connectivity index (χ1v) is 6.77. The predicted octanol–water partition coefficient (Wildman–Crippen LogP) is 2.82. The number of carbonyl (C=O) groups excluding carboxylic acids is 1. The maximum absolute atomic E-state index is 12.0. The number of hydrogen-bond acceptors (Lipinski definition) is 2. The molecule has 2 N–H and O–H groups in total. The highest BCUT2D eigenvalue weighted by Gasteiger charge is 2.32. The molecule has 0 aliphatic heterocycles. The molecule has 0 rings (SSSR count).